The zero-order chi connectivity index (χ0) is 16.1. The van der Waals surface area contributed by atoms with E-state index in [2.05, 4.69) is 25.0 Å². The summed E-state index contributed by atoms with van der Waals surface area (Å²) >= 11 is 0. The van der Waals surface area contributed by atoms with Gasteiger partial charge in [-0.25, -0.2) is 0 Å². The third-order valence-electron chi connectivity index (χ3n) is 3.30. The van der Waals surface area contributed by atoms with E-state index in [1.54, 1.807) is 0 Å². The Labute approximate surface area is 125 Å². The van der Waals surface area contributed by atoms with Crippen molar-refractivity contribution in [2.24, 2.45) is 5.73 Å². The van der Waals surface area contributed by atoms with E-state index in [9.17, 15) is 8.42 Å². The van der Waals surface area contributed by atoms with Crippen LogP contribution in [0.1, 0.15) is 78.6 Å². The van der Waals surface area contributed by atoms with Gasteiger partial charge in [-0.3, -0.25) is 8.74 Å². The van der Waals surface area contributed by atoms with Crippen LogP contribution in [0.25, 0.3) is 0 Å². The lowest BCUT2D eigenvalue weighted by Gasteiger charge is -2.29. The van der Waals surface area contributed by atoms with Crippen LogP contribution in [0, 0.1) is 0 Å². The molecule has 0 heterocycles. The van der Waals surface area contributed by atoms with Gasteiger partial charge in [-0.15, -0.1) is 0 Å². The van der Waals surface area contributed by atoms with E-state index in [0.29, 0.717) is 0 Å². The smallest absolute Gasteiger partial charge is 0.325 e. The van der Waals surface area contributed by atoms with Crippen molar-refractivity contribution in [1.29, 1.82) is 0 Å². The van der Waals surface area contributed by atoms with Crippen molar-refractivity contribution in [3.8, 4) is 0 Å². The van der Waals surface area contributed by atoms with Crippen LogP contribution in [-0.4, -0.2) is 25.6 Å². The van der Waals surface area contributed by atoms with E-state index < -0.39 is 10.4 Å². The summed E-state index contributed by atoms with van der Waals surface area (Å²) in [5.41, 5.74) is 6.61. The molecule has 0 radical (unpaired) electrons. The van der Waals surface area contributed by atoms with Gasteiger partial charge in [-0.2, -0.15) is 8.42 Å². The van der Waals surface area contributed by atoms with Crippen molar-refractivity contribution < 1.29 is 17.2 Å². The van der Waals surface area contributed by atoms with Crippen molar-refractivity contribution in [1.82, 2.24) is 0 Å². The molecule has 0 amide bonds. The van der Waals surface area contributed by atoms with E-state index in [1.165, 1.54) is 57.8 Å². The molecule has 0 aromatic rings. The standard InChI is InChI=1S/C13H29N.CH4O4S/c1-4-7-10-13(14,11-8-5-2)12-9-6-3;1-5-6(2,3)4/h4-12,14H2,1-3H3;1H3,(H,2,3,4). The average molecular weight is 311 g/mol. The summed E-state index contributed by atoms with van der Waals surface area (Å²) in [4.78, 5) is 0. The molecule has 6 heteroatoms. The van der Waals surface area contributed by atoms with Crippen LogP contribution in [0.4, 0.5) is 0 Å². The highest BCUT2D eigenvalue weighted by Crippen LogP contribution is 2.24. The third-order valence-corrected chi connectivity index (χ3v) is 3.72. The summed E-state index contributed by atoms with van der Waals surface area (Å²) < 4.78 is 29.7. The minimum absolute atomic E-state index is 0.155. The van der Waals surface area contributed by atoms with Crippen LogP contribution < -0.4 is 5.73 Å². The Kier molecular flexibility index (Phi) is 13.9. The first-order valence-corrected chi connectivity index (χ1v) is 8.93. The quantitative estimate of drug-likeness (QED) is 0.600. The van der Waals surface area contributed by atoms with Crippen LogP contribution in [0.2, 0.25) is 0 Å². The van der Waals surface area contributed by atoms with Gasteiger partial charge in [-0.1, -0.05) is 59.3 Å². The molecule has 0 saturated heterocycles. The summed E-state index contributed by atoms with van der Waals surface area (Å²) in [5, 5.41) is 0. The minimum Gasteiger partial charge on any atom is -0.325 e. The highest BCUT2D eigenvalue weighted by Gasteiger charge is 2.22. The molecule has 0 saturated carbocycles. The van der Waals surface area contributed by atoms with Gasteiger partial charge in [0.15, 0.2) is 0 Å². The van der Waals surface area contributed by atoms with Gasteiger partial charge in [0.25, 0.3) is 0 Å². The molecule has 0 aromatic carbocycles. The van der Waals surface area contributed by atoms with Crippen molar-refractivity contribution in [3.63, 3.8) is 0 Å². The summed E-state index contributed by atoms with van der Waals surface area (Å²) in [6.07, 6.45) is 11.4. The Morgan fingerprint density at radius 2 is 1.20 bits per heavy atom. The number of unbranched alkanes of at least 4 members (excludes halogenated alkanes) is 3. The third kappa shape index (κ3) is 15.9. The highest BCUT2D eigenvalue weighted by molar-refractivity contribution is 7.80. The molecule has 0 aliphatic carbocycles. The SMILES string of the molecule is CCCCC(N)(CCCC)CCCC.COS(=O)(=O)O. The molecule has 0 atom stereocenters. The van der Waals surface area contributed by atoms with Crippen molar-refractivity contribution in [2.75, 3.05) is 7.11 Å². The van der Waals surface area contributed by atoms with Crippen LogP contribution in [0.3, 0.4) is 0 Å². The second-order valence-electron chi connectivity index (χ2n) is 5.27. The molecule has 5 nitrogen and oxygen atoms in total. The Hall–Kier alpha value is -0.170. The summed E-state index contributed by atoms with van der Waals surface area (Å²) in [7, 11) is -3.29. The molecular formula is C14H33NO4S. The average Bonchev–Trinajstić information content (AvgIpc) is 2.41. The zero-order valence-electron chi connectivity index (χ0n) is 13.5. The fraction of sp³-hybridized carbons (Fsp3) is 1.00. The molecule has 0 fully saturated rings. The van der Waals surface area contributed by atoms with Gasteiger partial charge < -0.3 is 5.73 Å². The maximum atomic E-state index is 9.33. The summed E-state index contributed by atoms with van der Waals surface area (Å²) in [6, 6.07) is 0. The van der Waals surface area contributed by atoms with Gasteiger partial charge >= 0.3 is 10.4 Å². The first-order valence-electron chi connectivity index (χ1n) is 7.56. The lowest BCUT2D eigenvalue weighted by Crippen LogP contribution is -2.39. The van der Waals surface area contributed by atoms with Crippen LogP contribution >= 0.6 is 0 Å². The second kappa shape index (κ2) is 12.6. The van der Waals surface area contributed by atoms with E-state index in [0.717, 1.165) is 7.11 Å². The van der Waals surface area contributed by atoms with Crippen molar-refractivity contribution in [2.45, 2.75) is 84.1 Å². The first kappa shape index (κ1) is 22.1. The topological polar surface area (TPSA) is 89.6 Å². The maximum absolute atomic E-state index is 9.33. The van der Waals surface area contributed by atoms with Gasteiger partial charge in [0, 0.05) is 5.54 Å². The monoisotopic (exact) mass is 311 g/mol. The minimum atomic E-state index is -4.16. The lowest BCUT2D eigenvalue weighted by molar-refractivity contribution is 0.312. The zero-order valence-corrected chi connectivity index (χ0v) is 14.3. The first-order chi connectivity index (χ1) is 9.24. The molecule has 0 spiro atoms. The second-order valence-corrected chi connectivity index (χ2v) is 6.46. The largest absolute Gasteiger partial charge is 0.397 e. The Morgan fingerprint density at radius 3 is 1.35 bits per heavy atom. The molecule has 124 valence electrons. The van der Waals surface area contributed by atoms with Gasteiger partial charge in [0.05, 0.1) is 7.11 Å². The summed E-state index contributed by atoms with van der Waals surface area (Å²) in [6.45, 7) is 6.75. The molecule has 0 aliphatic rings. The number of hydrogen-bond acceptors (Lipinski definition) is 4. The van der Waals surface area contributed by atoms with E-state index in [4.69, 9.17) is 10.3 Å². The molecule has 3 N–H and O–H groups in total. The number of hydrogen-bond donors (Lipinski definition) is 2. The lowest BCUT2D eigenvalue weighted by atomic mass is 9.84. The van der Waals surface area contributed by atoms with Gasteiger partial charge in [0.2, 0.25) is 0 Å². The molecule has 0 rings (SSSR count). The van der Waals surface area contributed by atoms with Crippen molar-refractivity contribution in [3.05, 3.63) is 0 Å². The highest BCUT2D eigenvalue weighted by atomic mass is 32.3. The molecule has 0 aliphatic heterocycles. The molecule has 0 bridgehead atoms. The van der Waals surface area contributed by atoms with Crippen LogP contribution in [-0.2, 0) is 14.6 Å². The molecule has 0 unspecified atom stereocenters. The number of rotatable bonds is 10. The molecule has 0 aromatic heterocycles. The van der Waals surface area contributed by atoms with E-state index >= 15 is 0 Å². The predicted molar refractivity (Wildman–Crippen MR) is 84.1 cm³/mol. The Bertz CT molecular complexity index is 283. The molecule has 20 heavy (non-hydrogen) atoms. The Morgan fingerprint density at radius 1 is 0.950 bits per heavy atom. The summed E-state index contributed by atoms with van der Waals surface area (Å²) in [5.74, 6) is 0. The van der Waals surface area contributed by atoms with Gasteiger partial charge in [0.1, 0.15) is 0 Å². The number of nitrogens with two attached hydrogens (primary N) is 1. The fourth-order valence-electron chi connectivity index (χ4n) is 1.96. The van der Waals surface area contributed by atoms with Crippen LogP contribution in [0.5, 0.6) is 0 Å². The van der Waals surface area contributed by atoms with E-state index in [1.807, 2.05) is 0 Å². The van der Waals surface area contributed by atoms with Crippen LogP contribution in [0.15, 0.2) is 0 Å². The van der Waals surface area contributed by atoms with E-state index in [-0.39, 0.29) is 5.54 Å². The van der Waals surface area contributed by atoms with Crippen molar-refractivity contribution >= 4 is 10.4 Å². The molecular weight excluding hydrogens is 278 g/mol. The maximum Gasteiger partial charge on any atom is 0.397 e. The van der Waals surface area contributed by atoms with Gasteiger partial charge in [-0.05, 0) is 19.3 Å². The predicted octanol–water partition coefficient (Wildman–Crippen LogP) is 3.69. The Balaban J connectivity index is 0. The normalized spacial score (nSPS) is 11.9. The fourth-order valence-corrected chi connectivity index (χ4v) is 1.96.